The number of nitrogens with two attached hydrogens (primary N) is 1. The Hall–Kier alpha value is -3.53. The van der Waals surface area contributed by atoms with Crippen LogP contribution in [-0.2, 0) is 11.4 Å². The summed E-state index contributed by atoms with van der Waals surface area (Å²) < 4.78 is 5.97. The number of nitrogens with one attached hydrogen (secondary N) is 2. The van der Waals surface area contributed by atoms with Crippen LogP contribution in [0.4, 0.5) is 0 Å². The highest BCUT2D eigenvalue weighted by Crippen LogP contribution is 2.22. The number of hydrogen-bond acceptors (Lipinski definition) is 7. The van der Waals surface area contributed by atoms with Gasteiger partial charge in [0.25, 0.3) is 11.8 Å². The van der Waals surface area contributed by atoms with Crippen LogP contribution in [0.5, 0.6) is 5.75 Å². The van der Waals surface area contributed by atoms with Crippen molar-refractivity contribution in [1.29, 1.82) is 0 Å². The number of piperidine rings is 1. The Morgan fingerprint density at radius 3 is 2.54 bits per heavy atom. The Kier molecular flexibility index (Phi) is 8.38. The van der Waals surface area contributed by atoms with Gasteiger partial charge in [0.15, 0.2) is 0 Å². The largest absolute Gasteiger partial charge is 0.489 e. The van der Waals surface area contributed by atoms with E-state index in [0.717, 1.165) is 41.5 Å². The summed E-state index contributed by atoms with van der Waals surface area (Å²) in [5.41, 5.74) is 6.86. The van der Waals surface area contributed by atoms with E-state index in [4.69, 9.17) is 10.5 Å². The zero-order chi connectivity index (χ0) is 26.4. The average molecular weight is 506 g/mol. The van der Waals surface area contributed by atoms with Gasteiger partial charge in [-0.2, -0.15) is 0 Å². The van der Waals surface area contributed by atoms with Gasteiger partial charge in [0.1, 0.15) is 12.4 Å². The molecule has 1 unspecified atom stereocenters. The third-order valence-electron chi connectivity index (χ3n) is 6.84. The smallest absolute Gasteiger partial charge is 0.266 e. The van der Waals surface area contributed by atoms with Gasteiger partial charge in [0.05, 0.1) is 12.1 Å². The Balaban J connectivity index is 1.35. The molecule has 0 bridgehead atoms. The maximum absolute atomic E-state index is 12.8. The third-order valence-corrected chi connectivity index (χ3v) is 6.84. The summed E-state index contributed by atoms with van der Waals surface area (Å²) in [6.45, 7) is 5.95. The number of benzene rings is 2. The number of carbonyl (C=O) groups excluding carboxylic acids is 2. The Labute approximate surface area is 217 Å². The van der Waals surface area contributed by atoms with Gasteiger partial charge in [-0.3, -0.25) is 19.5 Å². The predicted molar refractivity (Wildman–Crippen MR) is 142 cm³/mol. The van der Waals surface area contributed by atoms with E-state index in [2.05, 4.69) is 15.6 Å². The van der Waals surface area contributed by atoms with Gasteiger partial charge in [-0.05, 0) is 62.7 Å². The monoisotopic (exact) mass is 505 g/mol. The molecule has 3 aromatic rings. The molecule has 0 aliphatic carbocycles. The topological polar surface area (TPSA) is 130 Å². The number of fused-ring (bicyclic) bond motifs is 1. The molecule has 9 nitrogen and oxygen atoms in total. The lowest BCUT2D eigenvalue weighted by molar-refractivity contribution is -0.161. The number of pyridine rings is 1. The van der Waals surface area contributed by atoms with Gasteiger partial charge in [-0.15, -0.1) is 0 Å². The van der Waals surface area contributed by atoms with Crippen LogP contribution in [0.25, 0.3) is 10.9 Å². The number of primary amides is 1. The van der Waals surface area contributed by atoms with Gasteiger partial charge < -0.3 is 26.2 Å². The molecule has 1 aliphatic rings. The highest BCUT2D eigenvalue weighted by Gasteiger charge is 2.42. The van der Waals surface area contributed by atoms with Crippen molar-refractivity contribution in [1.82, 2.24) is 20.5 Å². The van der Waals surface area contributed by atoms with Gasteiger partial charge in [-0.25, -0.2) is 0 Å². The van der Waals surface area contributed by atoms with E-state index < -0.39 is 17.5 Å². The van der Waals surface area contributed by atoms with Crippen molar-refractivity contribution in [2.24, 2.45) is 5.73 Å². The van der Waals surface area contributed by atoms with Crippen LogP contribution < -0.4 is 21.1 Å². The van der Waals surface area contributed by atoms with E-state index in [0.29, 0.717) is 37.1 Å². The van der Waals surface area contributed by atoms with E-state index in [1.54, 1.807) is 29.2 Å². The molecule has 1 saturated heterocycles. The fourth-order valence-corrected chi connectivity index (χ4v) is 4.78. The van der Waals surface area contributed by atoms with Crippen LogP contribution in [0.3, 0.4) is 0 Å². The zero-order valence-corrected chi connectivity index (χ0v) is 21.4. The standard InChI is InChI=1S/C28H35N5O4/c1-3-30-22-12-14-33(15-13-22)28(36,27(29)35)18-31-26(34)20-8-10-23(11-9-20)37-17-21-16-19(2)32-25-7-5-4-6-24(21)25/h4-11,16,22,30,36H,3,12-15,17-18H2,1-2H3,(H2,29,35)(H,31,34). The first-order valence-corrected chi connectivity index (χ1v) is 12.7. The maximum Gasteiger partial charge on any atom is 0.266 e. The van der Waals surface area contributed by atoms with Crippen LogP contribution in [-0.4, -0.2) is 64.8 Å². The molecule has 37 heavy (non-hydrogen) atoms. The molecule has 1 atom stereocenters. The molecule has 196 valence electrons. The summed E-state index contributed by atoms with van der Waals surface area (Å²) in [5, 5.41) is 18.1. The number of carbonyl (C=O) groups is 2. The van der Waals surface area contributed by atoms with Crippen LogP contribution in [0, 0.1) is 6.92 Å². The van der Waals surface area contributed by atoms with Crippen LogP contribution >= 0.6 is 0 Å². The number of likely N-dealkylation sites (tertiary alicyclic amines) is 1. The minimum atomic E-state index is -1.94. The summed E-state index contributed by atoms with van der Waals surface area (Å²) in [4.78, 5) is 31.1. The molecule has 1 fully saturated rings. The van der Waals surface area contributed by atoms with Crippen molar-refractivity contribution in [3.63, 3.8) is 0 Å². The number of para-hydroxylation sites is 1. The quantitative estimate of drug-likeness (QED) is 0.332. The van der Waals surface area contributed by atoms with Crippen molar-refractivity contribution >= 4 is 22.7 Å². The summed E-state index contributed by atoms with van der Waals surface area (Å²) in [7, 11) is 0. The Bertz CT molecular complexity index is 1240. The number of amides is 2. The number of aromatic nitrogens is 1. The van der Waals surface area contributed by atoms with Gasteiger partial charge in [0.2, 0.25) is 5.72 Å². The lowest BCUT2D eigenvalue weighted by Crippen LogP contribution is -2.65. The van der Waals surface area contributed by atoms with E-state index >= 15 is 0 Å². The van der Waals surface area contributed by atoms with E-state index in [1.807, 2.05) is 44.2 Å². The van der Waals surface area contributed by atoms with E-state index in [-0.39, 0.29) is 6.54 Å². The van der Waals surface area contributed by atoms with Crippen LogP contribution in [0.1, 0.15) is 41.4 Å². The summed E-state index contributed by atoms with van der Waals surface area (Å²) in [5.74, 6) is -0.672. The van der Waals surface area contributed by atoms with Gasteiger partial charge in [0, 0.05) is 41.3 Å². The number of nitrogens with zero attached hydrogens (tertiary/aromatic N) is 2. The SMILES string of the molecule is CCNC1CCN(C(O)(CNC(=O)c2ccc(OCc3cc(C)nc4ccccc34)cc2)C(N)=O)CC1. The number of aryl methyl sites for hydroxylation is 1. The normalized spacial score (nSPS) is 16.3. The molecule has 9 heteroatoms. The fourth-order valence-electron chi connectivity index (χ4n) is 4.78. The van der Waals surface area contributed by atoms with Crippen molar-refractivity contribution in [2.75, 3.05) is 26.2 Å². The first-order valence-electron chi connectivity index (χ1n) is 12.7. The second-order valence-electron chi connectivity index (χ2n) is 9.44. The molecule has 2 aromatic carbocycles. The van der Waals surface area contributed by atoms with Crippen molar-refractivity contribution in [3.8, 4) is 5.75 Å². The maximum atomic E-state index is 12.8. The minimum absolute atomic E-state index is 0.292. The van der Waals surface area contributed by atoms with Crippen LogP contribution in [0.15, 0.2) is 54.6 Å². The molecule has 0 spiro atoms. The highest BCUT2D eigenvalue weighted by molar-refractivity contribution is 5.95. The first kappa shape index (κ1) is 26.5. The second-order valence-corrected chi connectivity index (χ2v) is 9.44. The summed E-state index contributed by atoms with van der Waals surface area (Å²) in [6.07, 6.45) is 1.57. The molecule has 1 aliphatic heterocycles. The zero-order valence-electron chi connectivity index (χ0n) is 21.4. The number of rotatable bonds is 10. The third kappa shape index (κ3) is 6.25. The molecular formula is C28H35N5O4. The number of ether oxygens (including phenoxy) is 1. The van der Waals surface area contributed by atoms with E-state index in [9.17, 15) is 14.7 Å². The number of hydrogen-bond donors (Lipinski definition) is 4. The molecule has 0 saturated carbocycles. The lowest BCUT2D eigenvalue weighted by atomic mass is 10.0. The molecular weight excluding hydrogens is 470 g/mol. The molecule has 1 aromatic heterocycles. The number of aliphatic hydroxyl groups is 1. The minimum Gasteiger partial charge on any atom is -0.489 e. The van der Waals surface area contributed by atoms with Gasteiger partial charge in [-0.1, -0.05) is 25.1 Å². The second kappa shape index (κ2) is 11.7. The fraction of sp³-hybridized carbons (Fsp3) is 0.393. The molecule has 5 N–H and O–H groups in total. The molecule has 2 amide bonds. The van der Waals surface area contributed by atoms with Crippen molar-refractivity contribution < 1.29 is 19.4 Å². The molecule has 4 rings (SSSR count). The molecule has 0 radical (unpaired) electrons. The van der Waals surface area contributed by atoms with Crippen LogP contribution in [0.2, 0.25) is 0 Å². The summed E-state index contributed by atoms with van der Waals surface area (Å²) >= 11 is 0. The van der Waals surface area contributed by atoms with Crippen molar-refractivity contribution in [2.45, 2.75) is 45.1 Å². The molecule has 2 heterocycles. The summed E-state index contributed by atoms with van der Waals surface area (Å²) in [6, 6.07) is 17.0. The highest BCUT2D eigenvalue weighted by atomic mass is 16.5. The van der Waals surface area contributed by atoms with Crippen molar-refractivity contribution in [3.05, 3.63) is 71.4 Å². The first-order chi connectivity index (χ1) is 17.8. The Morgan fingerprint density at radius 1 is 1.16 bits per heavy atom. The predicted octanol–water partition coefficient (Wildman–Crippen LogP) is 2.10. The van der Waals surface area contributed by atoms with Gasteiger partial charge >= 0.3 is 0 Å². The average Bonchev–Trinajstić information content (AvgIpc) is 2.91. The van der Waals surface area contributed by atoms with E-state index in [1.165, 1.54) is 0 Å². The lowest BCUT2D eigenvalue weighted by Gasteiger charge is -2.41. The Morgan fingerprint density at radius 2 is 1.86 bits per heavy atom.